The number of nitrogens with one attached hydrogen (secondary N) is 2. The van der Waals surface area contributed by atoms with Crippen LogP contribution in [0.3, 0.4) is 0 Å². The number of amides is 1. The number of nitrogens with zero attached hydrogens (tertiary/aromatic N) is 7. The molecule has 1 amide bonds. The average molecular weight is 522 g/mol. The molecule has 13 heteroatoms. The van der Waals surface area contributed by atoms with Crippen molar-refractivity contribution in [3.05, 3.63) is 35.7 Å². The lowest BCUT2D eigenvalue weighted by Crippen LogP contribution is -2.57. The number of pyridine rings is 1. The first-order valence-corrected chi connectivity index (χ1v) is 12.3. The Bertz CT molecular complexity index is 1120. The Morgan fingerprint density at radius 2 is 2.08 bits per heavy atom. The molecule has 202 valence electrons. The molecule has 1 fully saturated rings. The number of anilines is 2. The van der Waals surface area contributed by atoms with Crippen LogP contribution in [-0.4, -0.2) is 96.1 Å². The second-order valence-electron chi connectivity index (χ2n) is 10.1. The van der Waals surface area contributed by atoms with Crippen molar-refractivity contribution >= 4 is 23.8 Å². The van der Waals surface area contributed by atoms with Crippen molar-refractivity contribution in [3.63, 3.8) is 0 Å². The van der Waals surface area contributed by atoms with Gasteiger partial charge in [0.25, 0.3) is 0 Å². The Morgan fingerprint density at radius 3 is 2.68 bits per heavy atom. The van der Waals surface area contributed by atoms with Crippen molar-refractivity contribution in [3.8, 4) is 0 Å². The second-order valence-corrected chi connectivity index (χ2v) is 10.1. The van der Waals surface area contributed by atoms with Gasteiger partial charge in [-0.05, 0) is 40.1 Å². The van der Waals surface area contributed by atoms with Crippen LogP contribution in [0.1, 0.15) is 18.2 Å². The van der Waals surface area contributed by atoms with Crippen molar-refractivity contribution in [2.75, 3.05) is 63.6 Å². The predicted molar refractivity (Wildman–Crippen MR) is 136 cm³/mol. The van der Waals surface area contributed by atoms with Gasteiger partial charge in [0, 0.05) is 57.2 Å². The lowest BCUT2D eigenvalue weighted by atomic mass is 9.87. The Balaban J connectivity index is 1.41. The van der Waals surface area contributed by atoms with Crippen LogP contribution in [0.4, 0.5) is 24.8 Å². The zero-order chi connectivity index (χ0) is 26.8. The van der Waals surface area contributed by atoms with Crippen molar-refractivity contribution < 1.29 is 18.0 Å². The van der Waals surface area contributed by atoms with Gasteiger partial charge in [-0.1, -0.05) is 0 Å². The summed E-state index contributed by atoms with van der Waals surface area (Å²) in [5.41, 5.74) is 2.13. The topological polar surface area (TPSA) is 93.9 Å². The van der Waals surface area contributed by atoms with Crippen LogP contribution < -0.4 is 15.6 Å². The van der Waals surface area contributed by atoms with Crippen LogP contribution in [0.2, 0.25) is 0 Å². The molecule has 10 nitrogen and oxygen atoms in total. The highest BCUT2D eigenvalue weighted by Gasteiger charge is 2.43. The number of carbonyl (C=O) groups is 1. The Morgan fingerprint density at radius 1 is 1.30 bits per heavy atom. The molecule has 2 unspecified atom stereocenters. The first-order valence-electron chi connectivity index (χ1n) is 12.3. The lowest BCUT2D eigenvalue weighted by molar-refractivity contribution is -0.137. The van der Waals surface area contributed by atoms with E-state index in [1.807, 2.05) is 38.9 Å². The molecule has 2 aliphatic rings. The molecule has 0 radical (unpaired) electrons. The third kappa shape index (κ3) is 6.21. The minimum Gasteiger partial charge on any atom is -0.351 e. The number of hydrogen-bond acceptors (Lipinski definition) is 8. The number of hydrogen-bond donors (Lipinski definition) is 2. The maximum atomic E-state index is 13.6. The molecule has 2 atom stereocenters. The highest BCUT2D eigenvalue weighted by Crippen LogP contribution is 2.30. The first kappa shape index (κ1) is 26.9. The van der Waals surface area contributed by atoms with E-state index in [-0.39, 0.29) is 11.9 Å². The van der Waals surface area contributed by atoms with Gasteiger partial charge in [0.15, 0.2) is 0 Å². The van der Waals surface area contributed by atoms with Crippen molar-refractivity contribution in [1.29, 1.82) is 0 Å². The van der Waals surface area contributed by atoms with E-state index in [9.17, 15) is 18.0 Å². The van der Waals surface area contributed by atoms with Crippen LogP contribution in [0.5, 0.6) is 0 Å². The zero-order valence-electron chi connectivity index (χ0n) is 21.6. The van der Waals surface area contributed by atoms with Gasteiger partial charge in [-0.2, -0.15) is 23.4 Å². The SMILES string of the molecule is Cc1cc(NC(=O)C2(CN3CCN(c4ccc(C(F)(F)F)cn4)C(C)C3)C=NNC2)n(CCN(C)C)n1. The fourth-order valence-electron chi connectivity index (χ4n) is 4.70. The van der Waals surface area contributed by atoms with Crippen LogP contribution in [-0.2, 0) is 17.5 Å². The number of piperazine rings is 1. The molecule has 37 heavy (non-hydrogen) atoms. The van der Waals surface area contributed by atoms with Gasteiger partial charge in [-0.3, -0.25) is 9.69 Å². The molecule has 4 heterocycles. The Kier molecular flexibility index (Phi) is 7.74. The zero-order valence-corrected chi connectivity index (χ0v) is 21.6. The van der Waals surface area contributed by atoms with E-state index in [4.69, 9.17) is 0 Å². The molecular weight excluding hydrogens is 487 g/mol. The van der Waals surface area contributed by atoms with Crippen molar-refractivity contribution in [2.24, 2.45) is 10.5 Å². The third-order valence-electron chi connectivity index (χ3n) is 6.74. The van der Waals surface area contributed by atoms with Crippen LogP contribution in [0.25, 0.3) is 0 Å². The molecule has 2 aliphatic heterocycles. The fraction of sp³-hybridized carbons (Fsp3) is 0.583. The number of halogens is 3. The van der Waals surface area contributed by atoms with E-state index in [0.29, 0.717) is 50.9 Å². The largest absolute Gasteiger partial charge is 0.417 e. The van der Waals surface area contributed by atoms with E-state index < -0.39 is 17.2 Å². The molecule has 4 rings (SSSR count). The number of alkyl halides is 3. The summed E-state index contributed by atoms with van der Waals surface area (Å²) in [6.07, 6.45) is -1.87. The second kappa shape index (κ2) is 10.7. The smallest absolute Gasteiger partial charge is 0.351 e. The van der Waals surface area contributed by atoms with Gasteiger partial charge < -0.3 is 20.5 Å². The highest BCUT2D eigenvalue weighted by molar-refractivity contribution is 6.06. The predicted octanol–water partition coefficient (Wildman–Crippen LogP) is 1.89. The normalized spacial score (nSPS) is 22.5. The molecule has 1 saturated heterocycles. The molecule has 0 saturated carbocycles. The minimum absolute atomic E-state index is 0.000450. The van der Waals surface area contributed by atoms with Gasteiger partial charge >= 0.3 is 6.18 Å². The monoisotopic (exact) mass is 521 g/mol. The molecule has 2 aromatic rings. The molecule has 2 N–H and O–H groups in total. The summed E-state index contributed by atoms with van der Waals surface area (Å²) in [5, 5.41) is 11.7. The van der Waals surface area contributed by atoms with Gasteiger partial charge in [0.2, 0.25) is 5.91 Å². The number of aromatic nitrogens is 3. The van der Waals surface area contributed by atoms with Gasteiger partial charge in [0.1, 0.15) is 17.1 Å². The summed E-state index contributed by atoms with van der Waals surface area (Å²) in [6, 6.07) is 4.34. The molecular formula is C24H34F3N9O. The Labute approximate surface area is 214 Å². The molecule has 0 aromatic carbocycles. The summed E-state index contributed by atoms with van der Waals surface area (Å²) in [6.45, 7) is 8.01. The highest BCUT2D eigenvalue weighted by atomic mass is 19.4. The minimum atomic E-state index is -4.41. The molecule has 0 bridgehead atoms. The number of rotatable bonds is 8. The number of carbonyl (C=O) groups excluding carboxylic acids is 1. The van der Waals surface area contributed by atoms with Crippen LogP contribution >= 0.6 is 0 Å². The third-order valence-corrected chi connectivity index (χ3v) is 6.74. The summed E-state index contributed by atoms with van der Waals surface area (Å²) < 4.78 is 40.5. The quantitative estimate of drug-likeness (QED) is 0.548. The van der Waals surface area contributed by atoms with E-state index in [1.54, 1.807) is 10.9 Å². The van der Waals surface area contributed by atoms with Gasteiger partial charge in [-0.25, -0.2) is 9.67 Å². The summed E-state index contributed by atoms with van der Waals surface area (Å²) >= 11 is 0. The molecule has 0 aliphatic carbocycles. The standard InChI is InChI=1S/C24H34F3N9O/c1-17-11-21(36(32-17)10-7-33(3)4)31-22(37)23(14-29-30-15-23)16-34-8-9-35(18(2)13-34)20-6-5-19(12-28-20)24(25,26)27/h5-6,11-12,14,18,30H,7-10,13,15-16H2,1-4H3,(H,31,37). The Hall–Kier alpha value is -3.19. The van der Waals surface area contributed by atoms with Crippen LogP contribution in [0.15, 0.2) is 29.5 Å². The van der Waals surface area contributed by atoms with Crippen LogP contribution in [0, 0.1) is 12.3 Å². The summed E-state index contributed by atoms with van der Waals surface area (Å²) in [4.78, 5) is 23.9. The van der Waals surface area contributed by atoms with Crippen molar-refractivity contribution in [2.45, 2.75) is 32.6 Å². The number of hydrazone groups is 1. The fourth-order valence-corrected chi connectivity index (χ4v) is 4.70. The lowest BCUT2D eigenvalue weighted by Gasteiger charge is -2.42. The number of aryl methyl sites for hydroxylation is 1. The maximum Gasteiger partial charge on any atom is 0.417 e. The molecule has 0 spiro atoms. The van der Waals surface area contributed by atoms with Gasteiger partial charge in [0.05, 0.1) is 24.3 Å². The van der Waals surface area contributed by atoms with E-state index in [2.05, 4.69) is 35.7 Å². The maximum absolute atomic E-state index is 13.6. The van der Waals surface area contributed by atoms with E-state index in [0.717, 1.165) is 24.5 Å². The van der Waals surface area contributed by atoms with Gasteiger partial charge in [-0.15, -0.1) is 0 Å². The molecule has 2 aromatic heterocycles. The summed E-state index contributed by atoms with van der Waals surface area (Å²) in [5.74, 6) is 1.00. The first-order chi connectivity index (χ1) is 17.5. The average Bonchev–Trinajstić information content (AvgIpc) is 3.44. The van der Waals surface area contributed by atoms with E-state index in [1.165, 1.54) is 6.07 Å². The summed E-state index contributed by atoms with van der Waals surface area (Å²) in [7, 11) is 3.97. The number of likely N-dealkylation sites (N-methyl/N-ethyl adjacent to an activating group) is 1. The van der Waals surface area contributed by atoms with E-state index >= 15 is 0 Å². The van der Waals surface area contributed by atoms with Crippen molar-refractivity contribution in [1.82, 2.24) is 30.0 Å².